The predicted molar refractivity (Wildman–Crippen MR) is 66.7 cm³/mol. The van der Waals surface area contributed by atoms with Crippen LogP contribution in [0.1, 0.15) is 25.9 Å². The maximum absolute atomic E-state index is 11.6. The minimum Gasteiger partial charge on any atom is -0.475 e. The minimum absolute atomic E-state index is 0.0555. The third-order valence-electron chi connectivity index (χ3n) is 2.05. The molecule has 0 saturated carbocycles. The summed E-state index contributed by atoms with van der Waals surface area (Å²) in [5, 5.41) is 16.5. The summed E-state index contributed by atoms with van der Waals surface area (Å²) >= 11 is 4.84. The van der Waals surface area contributed by atoms with E-state index in [2.05, 4.69) is 30.9 Å². The summed E-state index contributed by atoms with van der Waals surface area (Å²) in [5.74, 6) is -2.11. The van der Waals surface area contributed by atoms with Crippen molar-refractivity contribution in [2.75, 3.05) is 0 Å². The molecular weight excluding hydrogens is 324 g/mol. The highest BCUT2D eigenvalue weighted by Gasteiger charge is 2.16. The van der Waals surface area contributed by atoms with Crippen LogP contribution in [-0.2, 0) is 6.54 Å². The fourth-order valence-corrected chi connectivity index (χ4v) is 2.62. The topological polar surface area (TPSA) is 92.4 Å². The first kappa shape index (κ1) is 12.8. The molecule has 0 saturated heterocycles. The second-order valence-corrected chi connectivity index (χ2v) is 5.11. The number of aromatic carboxylic acids is 1. The largest absolute Gasteiger partial charge is 0.475 e. The van der Waals surface area contributed by atoms with Gasteiger partial charge >= 0.3 is 5.97 Å². The van der Waals surface area contributed by atoms with Gasteiger partial charge in [0.15, 0.2) is 5.69 Å². The number of thiophene rings is 1. The predicted octanol–water partition coefficient (Wildman–Crippen LogP) is 2.13. The molecule has 0 aromatic carbocycles. The van der Waals surface area contributed by atoms with Crippen molar-refractivity contribution in [3.63, 3.8) is 0 Å². The molecule has 0 fully saturated rings. The van der Waals surface area contributed by atoms with Crippen molar-refractivity contribution in [3.05, 3.63) is 38.3 Å². The zero-order valence-corrected chi connectivity index (χ0v) is 11.2. The van der Waals surface area contributed by atoms with E-state index in [-0.39, 0.29) is 11.5 Å². The molecule has 0 unspecified atom stereocenters. The number of rotatable bonds is 4. The Morgan fingerprint density at radius 2 is 2.33 bits per heavy atom. The van der Waals surface area contributed by atoms with Crippen LogP contribution < -0.4 is 5.32 Å². The van der Waals surface area contributed by atoms with Gasteiger partial charge < -0.3 is 14.9 Å². The van der Waals surface area contributed by atoms with E-state index in [9.17, 15) is 9.59 Å². The molecule has 2 rings (SSSR count). The number of hydrogen-bond acceptors (Lipinski definition) is 5. The van der Waals surface area contributed by atoms with Crippen molar-refractivity contribution in [3.8, 4) is 0 Å². The molecule has 2 heterocycles. The second-order valence-electron chi connectivity index (χ2n) is 3.26. The first-order chi connectivity index (χ1) is 8.58. The van der Waals surface area contributed by atoms with Gasteiger partial charge in [-0.2, -0.15) is 0 Å². The summed E-state index contributed by atoms with van der Waals surface area (Å²) < 4.78 is 5.41. The van der Waals surface area contributed by atoms with E-state index in [1.165, 1.54) is 11.3 Å². The van der Waals surface area contributed by atoms with E-state index in [0.29, 0.717) is 6.54 Å². The molecule has 2 aromatic rings. The van der Waals surface area contributed by atoms with Crippen LogP contribution in [0.3, 0.4) is 0 Å². The van der Waals surface area contributed by atoms with E-state index < -0.39 is 11.9 Å². The first-order valence-electron chi connectivity index (χ1n) is 4.78. The molecule has 0 radical (unpaired) electrons. The highest BCUT2D eigenvalue weighted by molar-refractivity contribution is 9.10. The highest BCUT2D eigenvalue weighted by atomic mass is 79.9. The average Bonchev–Trinajstić information content (AvgIpc) is 2.94. The van der Waals surface area contributed by atoms with Crippen LogP contribution in [0.4, 0.5) is 0 Å². The molecular formula is C10H7BrN2O4S. The van der Waals surface area contributed by atoms with Gasteiger partial charge in [0.2, 0.25) is 5.76 Å². The van der Waals surface area contributed by atoms with Crippen LogP contribution in [0.5, 0.6) is 0 Å². The van der Waals surface area contributed by atoms with Crippen molar-refractivity contribution in [2.24, 2.45) is 0 Å². The number of carbonyl (C=O) groups excluding carboxylic acids is 1. The lowest BCUT2D eigenvalue weighted by molar-refractivity contribution is 0.0651. The first-order valence-corrected chi connectivity index (χ1v) is 6.45. The molecule has 1 amide bonds. The number of nitrogens with zero attached hydrogens (tertiary/aromatic N) is 1. The van der Waals surface area contributed by atoms with Gasteiger partial charge in [-0.15, -0.1) is 11.3 Å². The van der Waals surface area contributed by atoms with Gasteiger partial charge in [-0.1, -0.05) is 5.16 Å². The molecule has 2 aromatic heterocycles. The summed E-state index contributed by atoms with van der Waals surface area (Å²) in [4.78, 5) is 23.2. The summed E-state index contributed by atoms with van der Waals surface area (Å²) in [6.07, 6.45) is 0. The average molecular weight is 331 g/mol. The Kier molecular flexibility index (Phi) is 3.78. The number of hydrogen-bond donors (Lipinski definition) is 2. The number of carbonyl (C=O) groups is 2. The van der Waals surface area contributed by atoms with Crippen LogP contribution in [-0.4, -0.2) is 22.1 Å². The van der Waals surface area contributed by atoms with E-state index >= 15 is 0 Å². The molecule has 0 bridgehead atoms. The Morgan fingerprint density at radius 1 is 1.56 bits per heavy atom. The Balaban J connectivity index is 1.99. The highest BCUT2D eigenvalue weighted by Crippen LogP contribution is 2.22. The summed E-state index contributed by atoms with van der Waals surface area (Å²) in [6, 6.07) is 2.96. The van der Waals surface area contributed by atoms with E-state index in [1.54, 1.807) is 0 Å². The Bertz CT molecular complexity index is 592. The molecule has 0 atom stereocenters. The van der Waals surface area contributed by atoms with E-state index in [0.717, 1.165) is 15.4 Å². The minimum atomic E-state index is -1.26. The van der Waals surface area contributed by atoms with Gasteiger partial charge in [0, 0.05) is 15.4 Å². The van der Waals surface area contributed by atoms with Gasteiger partial charge in [0.25, 0.3) is 5.91 Å². The van der Waals surface area contributed by atoms with Crippen molar-refractivity contribution < 1.29 is 19.2 Å². The third kappa shape index (κ3) is 2.77. The van der Waals surface area contributed by atoms with Crippen LogP contribution >= 0.6 is 27.3 Å². The molecule has 18 heavy (non-hydrogen) atoms. The number of carboxylic acid groups (broad SMARTS) is 1. The SMILES string of the molecule is O=C(NCc1sccc1Br)c1cc(C(=O)O)on1. The number of nitrogens with one attached hydrogen (secondary N) is 1. The smallest absolute Gasteiger partial charge is 0.374 e. The number of carboxylic acids is 1. The Morgan fingerprint density at radius 3 is 2.89 bits per heavy atom. The third-order valence-corrected chi connectivity index (χ3v) is 3.98. The normalized spacial score (nSPS) is 10.3. The van der Waals surface area contributed by atoms with Crippen LogP contribution in [0, 0.1) is 0 Å². The van der Waals surface area contributed by atoms with Crippen molar-refractivity contribution in [1.29, 1.82) is 0 Å². The molecule has 8 heteroatoms. The maximum atomic E-state index is 11.6. The van der Waals surface area contributed by atoms with Crippen molar-refractivity contribution in [2.45, 2.75) is 6.54 Å². The Hall–Kier alpha value is -1.67. The van der Waals surface area contributed by atoms with Gasteiger partial charge in [0.1, 0.15) is 0 Å². The van der Waals surface area contributed by atoms with Gasteiger partial charge in [0.05, 0.1) is 6.54 Å². The van der Waals surface area contributed by atoms with Gasteiger partial charge in [-0.05, 0) is 27.4 Å². The quantitative estimate of drug-likeness (QED) is 0.895. The number of amides is 1. The lowest BCUT2D eigenvalue weighted by atomic mass is 10.3. The van der Waals surface area contributed by atoms with Crippen LogP contribution in [0.15, 0.2) is 26.5 Å². The van der Waals surface area contributed by atoms with E-state index in [4.69, 9.17) is 5.11 Å². The summed E-state index contributed by atoms with van der Waals surface area (Å²) in [7, 11) is 0. The zero-order valence-electron chi connectivity index (χ0n) is 8.84. The second kappa shape index (κ2) is 5.32. The monoisotopic (exact) mass is 330 g/mol. The lowest BCUT2D eigenvalue weighted by Gasteiger charge is -2.00. The number of halogens is 1. The maximum Gasteiger partial charge on any atom is 0.374 e. The summed E-state index contributed by atoms with van der Waals surface area (Å²) in [5.41, 5.74) is -0.0555. The summed E-state index contributed by atoms with van der Waals surface area (Å²) in [6.45, 7) is 0.340. The molecule has 6 nitrogen and oxygen atoms in total. The fraction of sp³-hybridized carbons (Fsp3) is 0.100. The fourth-order valence-electron chi connectivity index (χ4n) is 1.19. The van der Waals surface area contributed by atoms with Crippen LogP contribution in [0.2, 0.25) is 0 Å². The standard InChI is InChI=1S/C10H7BrN2O4S/c11-5-1-2-18-8(5)4-12-9(14)6-3-7(10(15)16)17-13-6/h1-3H,4H2,(H,12,14)(H,15,16). The molecule has 0 spiro atoms. The molecule has 0 aliphatic heterocycles. The molecule has 94 valence electrons. The van der Waals surface area contributed by atoms with Crippen molar-refractivity contribution in [1.82, 2.24) is 10.5 Å². The molecule has 0 aliphatic carbocycles. The van der Waals surface area contributed by atoms with E-state index in [1.807, 2.05) is 11.4 Å². The van der Waals surface area contributed by atoms with Gasteiger partial charge in [-0.25, -0.2) is 4.79 Å². The number of aromatic nitrogens is 1. The van der Waals surface area contributed by atoms with Crippen LogP contribution in [0.25, 0.3) is 0 Å². The molecule has 2 N–H and O–H groups in total. The Labute approximate surface area is 114 Å². The zero-order chi connectivity index (χ0) is 13.1. The van der Waals surface area contributed by atoms with Gasteiger partial charge in [-0.3, -0.25) is 4.79 Å². The van der Waals surface area contributed by atoms with Crippen molar-refractivity contribution >= 4 is 39.1 Å². The molecule has 0 aliphatic rings. The lowest BCUT2D eigenvalue weighted by Crippen LogP contribution is -2.22.